The maximum Gasteiger partial charge on any atom is 0.150 e. The van der Waals surface area contributed by atoms with E-state index < -0.39 is 5.41 Å². The van der Waals surface area contributed by atoms with Crippen molar-refractivity contribution in [3.05, 3.63) is 35.9 Å². The molecule has 1 saturated carbocycles. The van der Waals surface area contributed by atoms with Gasteiger partial charge in [0.1, 0.15) is 0 Å². The van der Waals surface area contributed by atoms with Gasteiger partial charge in [0.2, 0.25) is 0 Å². The fourth-order valence-corrected chi connectivity index (χ4v) is 3.80. The van der Waals surface area contributed by atoms with Gasteiger partial charge >= 0.3 is 0 Å². The van der Waals surface area contributed by atoms with Gasteiger partial charge in [0, 0.05) is 6.42 Å². The molecule has 1 fully saturated rings. The summed E-state index contributed by atoms with van der Waals surface area (Å²) in [5.74, 6) is 0.900. The standard InChI is InChI=1S/C20H26N2/c1-19(2,3)17-9-11-18(12-10-17)20(14-21,15-22)13-16-7-5-4-6-8-16/h4-8,17-18H,9-13H2,1-3H3. The third kappa shape index (κ3) is 3.50. The molecule has 0 aromatic heterocycles. The predicted molar refractivity (Wildman–Crippen MR) is 88.7 cm³/mol. The summed E-state index contributed by atoms with van der Waals surface area (Å²) in [6.45, 7) is 6.89. The minimum absolute atomic E-state index is 0.196. The Morgan fingerprint density at radius 2 is 1.41 bits per heavy atom. The van der Waals surface area contributed by atoms with Crippen LogP contribution < -0.4 is 0 Å². The van der Waals surface area contributed by atoms with E-state index in [0.29, 0.717) is 17.8 Å². The van der Waals surface area contributed by atoms with Gasteiger partial charge in [0.05, 0.1) is 12.1 Å². The molecule has 22 heavy (non-hydrogen) atoms. The summed E-state index contributed by atoms with van der Waals surface area (Å²) in [6, 6.07) is 14.7. The van der Waals surface area contributed by atoms with Crippen molar-refractivity contribution in [3.63, 3.8) is 0 Å². The van der Waals surface area contributed by atoms with Crippen LogP contribution in [0.5, 0.6) is 0 Å². The smallest absolute Gasteiger partial charge is 0.150 e. The maximum atomic E-state index is 9.74. The number of nitrogens with zero attached hydrogens (tertiary/aromatic N) is 2. The quantitative estimate of drug-likeness (QED) is 0.777. The van der Waals surface area contributed by atoms with E-state index >= 15 is 0 Å². The molecule has 1 aliphatic rings. The molecule has 0 bridgehead atoms. The minimum Gasteiger partial charge on any atom is -0.197 e. The van der Waals surface area contributed by atoms with Crippen LogP contribution in [-0.2, 0) is 6.42 Å². The van der Waals surface area contributed by atoms with Gasteiger partial charge in [-0.15, -0.1) is 0 Å². The second-order valence-corrected chi connectivity index (χ2v) is 7.77. The Labute approximate surface area is 134 Å². The SMILES string of the molecule is CC(C)(C)C1CCC(C(C#N)(C#N)Cc2ccccc2)CC1. The van der Waals surface area contributed by atoms with E-state index in [4.69, 9.17) is 0 Å². The zero-order chi connectivity index (χ0) is 16.2. The molecule has 0 aliphatic heterocycles. The van der Waals surface area contributed by atoms with Crippen molar-refractivity contribution in [2.24, 2.45) is 22.7 Å². The molecule has 0 atom stereocenters. The topological polar surface area (TPSA) is 47.6 Å². The summed E-state index contributed by atoms with van der Waals surface area (Å²) in [5, 5.41) is 19.5. The average Bonchev–Trinajstić information content (AvgIpc) is 2.53. The van der Waals surface area contributed by atoms with E-state index in [1.165, 1.54) is 0 Å². The van der Waals surface area contributed by atoms with Gasteiger partial charge in [0.15, 0.2) is 5.41 Å². The van der Waals surface area contributed by atoms with E-state index in [1.807, 2.05) is 30.3 Å². The van der Waals surface area contributed by atoms with Crippen molar-refractivity contribution in [2.75, 3.05) is 0 Å². The third-order valence-corrected chi connectivity index (χ3v) is 5.37. The van der Waals surface area contributed by atoms with E-state index in [2.05, 4.69) is 32.9 Å². The Morgan fingerprint density at radius 3 is 1.86 bits per heavy atom. The monoisotopic (exact) mass is 294 g/mol. The normalized spacial score (nSPS) is 22.6. The lowest BCUT2D eigenvalue weighted by molar-refractivity contribution is 0.118. The average molecular weight is 294 g/mol. The lowest BCUT2D eigenvalue weighted by Gasteiger charge is -2.40. The predicted octanol–water partition coefficient (Wildman–Crippen LogP) is 5.12. The molecule has 1 aliphatic carbocycles. The van der Waals surface area contributed by atoms with Crippen molar-refractivity contribution >= 4 is 0 Å². The van der Waals surface area contributed by atoms with Crippen molar-refractivity contribution in [2.45, 2.75) is 52.9 Å². The van der Waals surface area contributed by atoms with Crippen LogP contribution in [0, 0.1) is 45.3 Å². The van der Waals surface area contributed by atoms with Crippen molar-refractivity contribution in [3.8, 4) is 12.1 Å². The first-order valence-corrected chi connectivity index (χ1v) is 8.28. The summed E-state index contributed by atoms with van der Waals surface area (Å²) >= 11 is 0. The summed E-state index contributed by atoms with van der Waals surface area (Å²) in [6.07, 6.45) is 4.81. The summed E-state index contributed by atoms with van der Waals surface area (Å²) in [7, 11) is 0. The zero-order valence-corrected chi connectivity index (χ0v) is 14.0. The highest BCUT2D eigenvalue weighted by Crippen LogP contribution is 2.46. The molecular formula is C20H26N2. The van der Waals surface area contributed by atoms with Gasteiger partial charge in [-0.25, -0.2) is 0 Å². The highest BCUT2D eigenvalue weighted by molar-refractivity contribution is 5.26. The Kier molecular flexibility index (Phi) is 4.92. The second-order valence-electron chi connectivity index (χ2n) is 7.77. The Hall–Kier alpha value is -1.80. The molecule has 0 amide bonds. The highest BCUT2D eigenvalue weighted by Gasteiger charge is 2.43. The third-order valence-electron chi connectivity index (χ3n) is 5.37. The molecule has 0 radical (unpaired) electrons. The molecule has 0 N–H and O–H groups in total. The number of hydrogen-bond acceptors (Lipinski definition) is 2. The molecule has 0 saturated heterocycles. The van der Waals surface area contributed by atoms with Gasteiger partial charge in [-0.1, -0.05) is 51.1 Å². The Morgan fingerprint density at radius 1 is 0.909 bits per heavy atom. The Bertz CT molecular complexity index is 546. The zero-order valence-electron chi connectivity index (χ0n) is 14.0. The van der Waals surface area contributed by atoms with Gasteiger partial charge < -0.3 is 0 Å². The van der Waals surface area contributed by atoms with E-state index in [-0.39, 0.29) is 5.92 Å². The van der Waals surface area contributed by atoms with Crippen LogP contribution >= 0.6 is 0 Å². The van der Waals surface area contributed by atoms with Crippen molar-refractivity contribution in [1.29, 1.82) is 10.5 Å². The maximum absolute atomic E-state index is 9.74. The lowest BCUT2D eigenvalue weighted by Crippen LogP contribution is -2.35. The second kappa shape index (κ2) is 6.53. The minimum atomic E-state index is -0.871. The molecule has 0 heterocycles. The van der Waals surface area contributed by atoms with Crippen LogP contribution in [0.25, 0.3) is 0 Å². The van der Waals surface area contributed by atoms with E-state index in [9.17, 15) is 10.5 Å². The molecule has 116 valence electrons. The van der Waals surface area contributed by atoms with Crippen molar-refractivity contribution in [1.82, 2.24) is 0 Å². The van der Waals surface area contributed by atoms with Gasteiger partial charge in [-0.2, -0.15) is 10.5 Å². The van der Waals surface area contributed by atoms with Crippen LogP contribution in [-0.4, -0.2) is 0 Å². The molecular weight excluding hydrogens is 268 g/mol. The molecule has 2 heteroatoms. The number of nitriles is 2. The van der Waals surface area contributed by atoms with Crippen LogP contribution in [0.3, 0.4) is 0 Å². The fraction of sp³-hybridized carbons (Fsp3) is 0.600. The van der Waals surface area contributed by atoms with Crippen LogP contribution in [0.15, 0.2) is 30.3 Å². The molecule has 1 aromatic carbocycles. The van der Waals surface area contributed by atoms with E-state index in [0.717, 1.165) is 31.2 Å². The molecule has 0 unspecified atom stereocenters. The lowest BCUT2D eigenvalue weighted by atomic mass is 9.62. The summed E-state index contributed by atoms with van der Waals surface area (Å²) in [5.41, 5.74) is 0.542. The largest absolute Gasteiger partial charge is 0.197 e. The molecule has 2 rings (SSSR count). The molecule has 0 spiro atoms. The van der Waals surface area contributed by atoms with Crippen LogP contribution in [0.1, 0.15) is 52.0 Å². The number of rotatable bonds is 3. The van der Waals surface area contributed by atoms with Crippen LogP contribution in [0.2, 0.25) is 0 Å². The van der Waals surface area contributed by atoms with Crippen LogP contribution in [0.4, 0.5) is 0 Å². The molecule has 2 nitrogen and oxygen atoms in total. The van der Waals surface area contributed by atoms with Gasteiger partial charge in [-0.3, -0.25) is 0 Å². The van der Waals surface area contributed by atoms with Crippen molar-refractivity contribution < 1.29 is 0 Å². The summed E-state index contributed by atoms with van der Waals surface area (Å²) < 4.78 is 0. The molecule has 1 aromatic rings. The highest BCUT2D eigenvalue weighted by atomic mass is 14.5. The Balaban J connectivity index is 2.13. The number of hydrogen-bond donors (Lipinski definition) is 0. The number of benzene rings is 1. The first kappa shape index (κ1) is 16.6. The first-order chi connectivity index (χ1) is 10.4. The summed E-state index contributed by atoms with van der Waals surface area (Å²) in [4.78, 5) is 0. The van der Waals surface area contributed by atoms with Gasteiger partial charge in [0.25, 0.3) is 0 Å². The van der Waals surface area contributed by atoms with E-state index in [1.54, 1.807) is 0 Å². The first-order valence-electron chi connectivity index (χ1n) is 8.28. The fourth-order valence-electron chi connectivity index (χ4n) is 3.80. The van der Waals surface area contributed by atoms with Gasteiger partial charge in [-0.05, 0) is 48.5 Å².